The van der Waals surface area contributed by atoms with Crippen molar-refractivity contribution >= 4 is 23.6 Å². The van der Waals surface area contributed by atoms with Crippen LogP contribution in [0.15, 0.2) is 59.5 Å². The molecule has 1 heterocycles. The molecule has 1 aliphatic heterocycles. The molecule has 0 aromatic heterocycles. The largest absolute Gasteiger partial charge is 0.457 e. The van der Waals surface area contributed by atoms with Crippen LogP contribution in [0.4, 0.5) is 0 Å². The number of amides is 2. The van der Waals surface area contributed by atoms with E-state index in [1.54, 1.807) is 0 Å². The highest BCUT2D eigenvalue weighted by molar-refractivity contribution is 7.99. The average Bonchev–Trinajstić information content (AvgIpc) is 3.24. The van der Waals surface area contributed by atoms with Crippen molar-refractivity contribution in [2.75, 3.05) is 18.9 Å². The van der Waals surface area contributed by atoms with Crippen LogP contribution in [-0.4, -0.2) is 42.9 Å². The summed E-state index contributed by atoms with van der Waals surface area (Å²) in [5.74, 6) is 1.55. The van der Waals surface area contributed by atoms with E-state index in [1.807, 2.05) is 54.6 Å². The molecular weight excluding hydrogens is 388 g/mol. The van der Waals surface area contributed by atoms with Gasteiger partial charge in [0.1, 0.15) is 17.5 Å². The number of ether oxygens (including phenoxy) is 2. The van der Waals surface area contributed by atoms with E-state index in [9.17, 15) is 9.59 Å². The lowest BCUT2D eigenvalue weighted by molar-refractivity contribution is -0.127. The predicted octanol–water partition coefficient (Wildman–Crippen LogP) is 3.37. The lowest BCUT2D eigenvalue weighted by Crippen LogP contribution is -2.49. The van der Waals surface area contributed by atoms with Crippen molar-refractivity contribution in [3.8, 4) is 11.5 Å². The number of benzene rings is 2. The molecule has 1 fully saturated rings. The number of hydrogen-bond donors (Lipinski definition) is 2. The van der Waals surface area contributed by atoms with E-state index >= 15 is 0 Å². The number of carbonyl (C=O) groups excluding carboxylic acids is 2. The third-order valence-corrected chi connectivity index (χ3v) is 5.55. The molecule has 0 aliphatic carbocycles. The third kappa shape index (κ3) is 7.11. The lowest BCUT2D eigenvalue weighted by atomic mass is 10.2. The highest BCUT2D eigenvalue weighted by Gasteiger charge is 2.22. The standard InChI is InChI=1S/C22H26N2O4S/c1-16(25)24-21(22(26)23-14-19-8-5-13-27-19)15-29-20-11-9-18(10-12-20)28-17-6-3-2-4-7-17/h2-4,6-7,9-12,19,21H,5,8,13-15H2,1H3,(H,23,26)(H,24,25). The first kappa shape index (κ1) is 21.2. The molecule has 154 valence electrons. The molecule has 1 aliphatic rings. The summed E-state index contributed by atoms with van der Waals surface area (Å²) < 4.78 is 11.3. The normalized spacial score (nSPS) is 16.8. The van der Waals surface area contributed by atoms with Crippen LogP contribution in [0.25, 0.3) is 0 Å². The van der Waals surface area contributed by atoms with Gasteiger partial charge in [-0.25, -0.2) is 0 Å². The van der Waals surface area contributed by atoms with Gasteiger partial charge in [0.15, 0.2) is 0 Å². The fourth-order valence-electron chi connectivity index (χ4n) is 2.98. The highest BCUT2D eigenvalue weighted by atomic mass is 32.2. The molecule has 6 nitrogen and oxygen atoms in total. The fourth-order valence-corrected chi connectivity index (χ4v) is 3.90. The van der Waals surface area contributed by atoms with Gasteiger partial charge in [-0.1, -0.05) is 18.2 Å². The predicted molar refractivity (Wildman–Crippen MR) is 113 cm³/mol. The Labute approximate surface area is 175 Å². The Hall–Kier alpha value is -2.51. The van der Waals surface area contributed by atoms with Crippen LogP contribution in [0.1, 0.15) is 19.8 Å². The number of rotatable bonds is 9. The molecule has 2 atom stereocenters. The molecule has 0 radical (unpaired) electrons. The van der Waals surface area contributed by atoms with Gasteiger partial charge in [0.25, 0.3) is 0 Å². The number of nitrogens with one attached hydrogen (secondary N) is 2. The summed E-state index contributed by atoms with van der Waals surface area (Å²) in [6, 6.07) is 16.6. The van der Waals surface area contributed by atoms with Crippen molar-refractivity contribution in [1.82, 2.24) is 10.6 Å². The fraction of sp³-hybridized carbons (Fsp3) is 0.364. The second-order valence-corrected chi connectivity index (χ2v) is 7.92. The molecule has 29 heavy (non-hydrogen) atoms. The van der Waals surface area contributed by atoms with Crippen molar-refractivity contribution in [2.45, 2.75) is 36.8 Å². The van der Waals surface area contributed by atoms with Gasteiger partial charge < -0.3 is 20.1 Å². The van der Waals surface area contributed by atoms with Crippen LogP contribution >= 0.6 is 11.8 Å². The van der Waals surface area contributed by atoms with E-state index in [1.165, 1.54) is 18.7 Å². The van der Waals surface area contributed by atoms with Gasteiger partial charge in [-0.2, -0.15) is 0 Å². The number of carbonyl (C=O) groups is 2. The Morgan fingerprint density at radius 1 is 1.14 bits per heavy atom. The van der Waals surface area contributed by atoms with Crippen molar-refractivity contribution in [3.05, 3.63) is 54.6 Å². The molecule has 0 saturated carbocycles. The molecular formula is C22H26N2O4S. The molecule has 0 spiro atoms. The summed E-state index contributed by atoms with van der Waals surface area (Å²) in [5.41, 5.74) is 0. The summed E-state index contributed by atoms with van der Waals surface area (Å²) in [6.45, 7) is 2.64. The minimum Gasteiger partial charge on any atom is -0.457 e. The van der Waals surface area contributed by atoms with Gasteiger partial charge in [-0.15, -0.1) is 11.8 Å². The molecule has 1 saturated heterocycles. The smallest absolute Gasteiger partial charge is 0.243 e. The zero-order valence-electron chi connectivity index (χ0n) is 16.4. The Kier molecular flexibility index (Phi) is 7.95. The summed E-state index contributed by atoms with van der Waals surface area (Å²) in [7, 11) is 0. The first-order valence-electron chi connectivity index (χ1n) is 9.72. The molecule has 2 N–H and O–H groups in total. The van der Waals surface area contributed by atoms with E-state index in [4.69, 9.17) is 9.47 Å². The Bertz CT molecular complexity index is 792. The first-order chi connectivity index (χ1) is 14.1. The van der Waals surface area contributed by atoms with Crippen LogP contribution in [0, 0.1) is 0 Å². The van der Waals surface area contributed by atoms with Crippen LogP contribution in [0.3, 0.4) is 0 Å². The minimum atomic E-state index is -0.598. The Balaban J connectivity index is 1.51. The topological polar surface area (TPSA) is 76.7 Å². The SMILES string of the molecule is CC(=O)NC(CSc1ccc(Oc2ccccc2)cc1)C(=O)NCC1CCCO1. The van der Waals surface area contributed by atoms with E-state index < -0.39 is 6.04 Å². The number of hydrogen-bond acceptors (Lipinski definition) is 5. The molecule has 2 aromatic rings. The van der Waals surface area contributed by atoms with Crippen LogP contribution in [0.2, 0.25) is 0 Å². The van der Waals surface area contributed by atoms with Crippen molar-refractivity contribution in [3.63, 3.8) is 0 Å². The van der Waals surface area contributed by atoms with E-state index in [-0.39, 0.29) is 17.9 Å². The van der Waals surface area contributed by atoms with Gasteiger partial charge >= 0.3 is 0 Å². The average molecular weight is 415 g/mol. The maximum atomic E-state index is 12.5. The summed E-state index contributed by atoms with van der Waals surface area (Å²) in [6.07, 6.45) is 2.05. The quantitative estimate of drug-likeness (QED) is 0.615. The second kappa shape index (κ2) is 10.9. The van der Waals surface area contributed by atoms with Crippen molar-refractivity contribution in [2.24, 2.45) is 0 Å². The maximum Gasteiger partial charge on any atom is 0.243 e. The van der Waals surface area contributed by atoms with Crippen LogP contribution < -0.4 is 15.4 Å². The second-order valence-electron chi connectivity index (χ2n) is 6.83. The summed E-state index contributed by atoms with van der Waals surface area (Å²) in [5, 5.41) is 5.62. The Morgan fingerprint density at radius 3 is 2.52 bits per heavy atom. The zero-order valence-corrected chi connectivity index (χ0v) is 17.2. The third-order valence-electron chi connectivity index (χ3n) is 4.44. The Morgan fingerprint density at radius 2 is 1.86 bits per heavy atom. The maximum absolute atomic E-state index is 12.5. The van der Waals surface area contributed by atoms with Gasteiger partial charge in [-0.3, -0.25) is 9.59 Å². The van der Waals surface area contributed by atoms with Gasteiger partial charge in [0.05, 0.1) is 6.10 Å². The van der Waals surface area contributed by atoms with E-state index in [2.05, 4.69) is 10.6 Å². The highest BCUT2D eigenvalue weighted by Crippen LogP contribution is 2.25. The van der Waals surface area contributed by atoms with Gasteiger partial charge in [-0.05, 0) is 49.2 Å². The van der Waals surface area contributed by atoms with Crippen LogP contribution in [-0.2, 0) is 14.3 Å². The summed E-state index contributed by atoms with van der Waals surface area (Å²) in [4.78, 5) is 25.0. The number of thioether (sulfide) groups is 1. The summed E-state index contributed by atoms with van der Waals surface area (Å²) >= 11 is 1.51. The lowest BCUT2D eigenvalue weighted by Gasteiger charge is -2.19. The van der Waals surface area contributed by atoms with Crippen molar-refractivity contribution < 1.29 is 19.1 Å². The van der Waals surface area contributed by atoms with Crippen molar-refractivity contribution in [1.29, 1.82) is 0 Å². The zero-order chi connectivity index (χ0) is 20.5. The molecule has 3 rings (SSSR count). The molecule has 2 aromatic carbocycles. The van der Waals surface area contributed by atoms with E-state index in [0.717, 1.165) is 35.8 Å². The molecule has 2 amide bonds. The molecule has 7 heteroatoms. The molecule has 2 unspecified atom stereocenters. The molecule has 0 bridgehead atoms. The van der Waals surface area contributed by atoms with Gasteiger partial charge in [0.2, 0.25) is 11.8 Å². The monoisotopic (exact) mass is 414 g/mol. The van der Waals surface area contributed by atoms with Gasteiger partial charge in [0, 0.05) is 30.7 Å². The number of para-hydroxylation sites is 1. The first-order valence-corrected chi connectivity index (χ1v) is 10.7. The van der Waals surface area contributed by atoms with Crippen LogP contribution in [0.5, 0.6) is 11.5 Å². The minimum absolute atomic E-state index is 0.0711. The van der Waals surface area contributed by atoms with E-state index in [0.29, 0.717) is 12.3 Å².